The molecule has 4 rings (SSSR count). The summed E-state index contributed by atoms with van der Waals surface area (Å²) in [5.41, 5.74) is 1.71. The van der Waals surface area contributed by atoms with Crippen molar-refractivity contribution < 1.29 is 22.7 Å². The number of alkyl halides is 3. The smallest absolute Gasteiger partial charge is 0.417 e. The molecule has 8 heteroatoms. The number of carbonyl (C=O) groups excluding carboxylic acids is 1. The Hall–Kier alpha value is -3.81. The molecule has 4 nitrogen and oxygen atoms in total. The zero-order valence-corrected chi connectivity index (χ0v) is 24.4. The second kappa shape index (κ2) is 13.9. The molecule has 0 heterocycles. The van der Waals surface area contributed by atoms with Gasteiger partial charge < -0.3 is 10.1 Å². The van der Waals surface area contributed by atoms with E-state index in [2.05, 4.69) is 17.1 Å². The van der Waals surface area contributed by atoms with Crippen molar-refractivity contribution in [2.45, 2.75) is 38.0 Å². The zero-order valence-electron chi connectivity index (χ0n) is 23.6. The molecule has 0 aromatic heterocycles. The topological polar surface area (TPSA) is 41.6 Å². The van der Waals surface area contributed by atoms with E-state index in [1.807, 2.05) is 84.9 Å². The Labute approximate surface area is 250 Å². The quantitative estimate of drug-likeness (QED) is 0.170. The standard InChI is InChI=1S/C34H34ClF3N2O2/c1-33(27-14-5-3-6-15-27,28-16-7-4-8-17-28)40(24-26-13-10-19-30(32(26)35)34(36,37)38)20-11-21-42-29-18-9-12-25(22-29)23-31(41)39-2/h3-10,12-19,22H,11,20-21,23-24H2,1-2H3,(H,39,41). The molecule has 0 fully saturated rings. The second-order valence-corrected chi connectivity index (χ2v) is 10.6. The van der Waals surface area contributed by atoms with Crippen molar-refractivity contribution in [1.29, 1.82) is 0 Å². The van der Waals surface area contributed by atoms with Crippen LogP contribution in [0.15, 0.2) is 103 Å². The maximum Gasteiger partial charge on any atom is 0.417 e. The lowest BCUT2D eigenvalue weighted by Crippen LogP contribution is -2.45. The van der Waals surface area contributed by atoms with Gasteiger partial charge in [0.2, 0.25) is 5.91 Å². The normalized spacial score (nSPS) is 11.9. The Kier molecular flexibility index (Phi) is 10.3. The van der Waals surface area contributed by atoms with Crippen molar-refractivity contribution in [3.63, 3.8) is 0 Å². The van der Waals surface area contributed by atoms with Gasteiger partial charge in [0.05, 0.1) is 29.2 Å². The van der Waals surface area contributed by atoms with Gasteiger partial charge in [-0.05, 0) is 53.8 Å². The summed E-state index contributed by atoms with van der Waals surface area (Å²) in [7, 11) is 1.60. The molecule has 4 aromatic carbocycles. The molecule has 1 N–H and O–H groups in total. The van der Waals surface area contributed by atoms with E-state index in [1.54, 1.807) is 13.1 Å². The van der Waals surface area contributed by atoms with Gasteiger partial charge in [-0.2, -0.15) is 13.2 Å². The van der Waals surface area contributed by atoms with Crippen LogP contribution in [0.1, 0.15) is 41.2 Å². The minimum Gasteiger partial charge on any atom is -0.494 e. The molecule has 1 amide bonds. The molecule has 0 atom stereocenters. The number of rotatable bonds is 12. The van der Waals surface area contributed by atoms with Crippen molar-refractivity contribution in [3.8, 4) is 5.75 Å². The van der Waals surface area contributed by atoms with Gasteiger partial charge in [0.25, 0.3) is 0 Å². The number of hydrogen-bond donors (Lipinski definition) is 1. The van der Waals surface area contributed by atoms with Crippen molar-refractivity contribution in [2.75, 3.05) is 20.2 Å². The van der Waals surface area contributed by atoms with E-state index < -0.39 is 17.3 Å². The van der Waals surface area contributed by atoms with Crippen LogP contribution in [0.25, 0.3) is 0 Å². The number of ether oxygens (including phenoxy) is 1. The Morgan fingerprint density at radius 1 is 0.881 bits per heavy atom. The average molecular weight is 595 g/mol. The lowest BCUT2D eigenvalue weighted by molar-refractivity contribution is -0.137. The molecule has 0 spiro atoms. The highest BCUT2D eigenvalue weighted by atomic mass is 35.5. The molecule has 42 heavy (non-hydrogen) atoms. The number of amides is 1. The third-order valence-electron chi connectivity index (χ3n) is 7.43. The van der Waals surface area contributed by atoms with Crippen LogP contribution < -0.4 is 10.1 Å². The molecule has 0 saturated carbocycles. The first-order valence-electron chi connectivity index (χ1n) is 13.8. The molecule has 0 aliphatic heterocycles. The molecular weight excluding hydrogens is 561 g/mol. The molecule has 0 saturated heterocycles. The van der Waals surface area contributed by atoms with Crippen LogP contribution >= 0.6 is 11.6 Å². The minimum atomic E-state index is -4.56. The molecule has 220 valence electrons. The van der Waals surface area contributed by atoms with E-state index in [-0.39, 0.29) is 23.9 Å². The molecule has 0 unspecified atom stereocenters. The second-order valence-electron chi connectivity index (χ2n) is 10.2. The van der Waals surface area contributed by atoms with E-state index in [0.29, 0.717) is 30.9 Å². The first kappa shape index (κ1) is 31.1. The maximum absolute atomic E-state index is 13.7. The molecule has 0 aliphatic rings. The lowest BCUT2D eigenvalue weighted by atomic mass is 9.82. The van der Waals surface area contributed by atoms with Gasteiger partial charge in [-0.15, -0.1) is 0 Å². The van der Waals surface area contributed by atoms with Crippen LogP contribution in [-0.4, -0.2) is 31.0 Å². The summed E-state index contributed by atoms with van der Waals surface area (Å²) in [5.74, 6) is 0.565. The van der Waals surface area contributed by atoms with Gasteiger partial charge >= 0.3 is 6.18 Å². The maximum atomic E-state index is 13.7. The molecule has 0 bridgehead atoms. The van der Waals surface area contributed by atoms with E-state index >= 15 is 0 Å². The number of nitrogens with zero attached hydrogens (tertiary/aromatic N) is 1. The Balaban J connectivity index is 1.64. The molecular formula is C34H34ClF3N2O2. The highest BCUT2D eigenvalue weighted by molar-refractivity contribution is 6.32. The SMILES string of the molecule is CNC(=O)Cc1cccc(OCCCN(Cc2cccc(C(F)(F)F)c2Cl)C(C)(c2ccccc2)c2ccccc2)c1. The van der Waals surface area contributed by atoms with Crippen LogP contribution in [0.5, 0.6) is 5.75 Å². The average Bonchev–Trinajstić information content (AvgIpc) is 2.99. The van der Waals surface area contributed by atoms with Crippen molar-refractivity contribution in [3.05, 3.63) is 136 Å². The van der Waals surface area contributed by atoms with Crippen LogP contribution in [0, 0.1) is 0 Å². The minimum absolute atomic E-state index is 0.0860. The molecule has 4 aromatic rings. The van der Waals surface area contributed by atoms with Gasteiger partial charge in [-0.25, -0.2) is 0 Å². The summed E-state index contributed by atoms with van der Waals surface area (Å²) >= 11 is 6.38. The molecule has 0 aliphatic carbocycles. The van der Waals surface area contributed by atoms with Crippen molar-refractivity contribution in [1.82, 2.24) is 10.2 Å². The van der Waals surface area contributed by atoms with Gasteiger partial charge in [-0.1, -0.05) is 96.5 Å². The van der Waals surface area contributed by atoms with Gasteiger partial charge in [0, 0.05) is 20.1 Å². The summed E-state index contributed by atoms with van der Waals surface area (Å²) < 4.78 is 47.2. The predicted molar refractivity (Wildman–Crippen MR) is 161 cm³/mol. The van der Waals surface area contributed by atoms with Gasteiger partial charge in [0.15, 0.2) is 0 Å². The number of benzene rings is 4. The Morgan fingerprint density at radius 3 is 2.10 bits per heavy atom. The first-order valence-corrected chi connectivity index (χ1v) is 14.1. The summed E-state index contributed by atoms with van der Waals surface area (Å²) in [6.45, 7) is 3.15. The van der Waals surface area contributed by atoms with Gasteiger partial charge in [0.1, 0.15) is 5.75 Å². The fourth-order valence-electron chi connectivity index (χ4n) is 5.11. The highest BCUT2D eigenvalue weighted by Crippen LogP contribution is 2.40. The van der Waals surface area contributed by atoms with Crippen LogP contribution in [0.3, 0.4) is 0 Å². The fraction of sp³-hybridized carbons (Fsp3) is 0.265. The van der Waals surface area contributed by atoms with Crippen LogP contribution in [-0.2, 0) is 29.5 Å². The third-order valence-corrected chi connectivity index (χ3v) is 7.88. The number of carbonyl (C=O) groups is 1. The summed E-state index contributed by atoms with van der Waals surface area (Å²) in [5, 5.41) is 2.33. The zero-order chi connectivity index (χ0) is 30.2. The Morgan fingerprint density at radius 2 is 1.50 bits per heavy atom. The Bertz CT molecular complexity index is 1420. The predicted octanol–water partition coefficient (Wildman–Crippen LogP) is 7.88. The van der Waals surface area contributed by atoms with Crippen LogP contribution in [0.4, 0.5) is 13.2 Å². The summed E-state index contributed by atoms with van der Waals surface area (Å²) in [4.78, 5) is 13.9. The number of likely N-dealkylation sites (N-methyl/N-ethyl adjacent to an activating group) is 1. The first-order chi connectivity index (χ1) is 20.1. The van der Waals surface area contributed by atoms with E-state index in [4.69, 9.17) is 16.3 Å². The van der Waals surface area contributed by atoms with Crippen molar-refractivity contribution >= 4 is 17.5 Å². The lowest BCUT2D eigenvalue weighted by Gasteiger charge is -2.43. The van der Waals surface area contributed by atoms with Crippen molar-refractivity contribution in [2.24, 2.45) is 0 Å². The van der Waals surface area contributed by atoms with Gasteiger partial charge in [-0.3, -0.25) is 9.69 Å². The number of nitrogens with one attached hydrogen (secondary N) is 1. The summed E-state index contributed by atoms with van der Waals surface area (Å²) in [6, 6.07) is 31.3. The monoisotopic (exact) mass is 594 g/mol. The van der Waals surface area contributed by atoms with Crippen LogP contribution in [0.2, 0.25) is 5.02 Å². The summed E-state index contributed by atoms with van der Waals surface area (Å²) in [6.07, 6.45) is -3.71. The van der Waals surface area contributed by atoms with E-state index in [1.165, 1.54) is 6.07 Å². The fourth-order valence-corrected chi connectivity index (χ4v) is 5.40. The van der Waals surface area contributed by atoms with E-state index in [9.17, 15) is 18.0 Å². The highest BCUT2D eigenvalue weighted by Gasteiger charge is 2.37. The molecule has 0 radical (unpaired) electrons. The number of hydrogen-bond acceptors (Lipinski definition) is 3. The third kappa shape index (κ3) is 7.52. The number of halogens is 4. The van der Waals surface area contributed by atoms with E-state index in [0.717, 1.165) is 22.8 Å². The largest absolute Gasteiger partial charge is 0.494 e.